The number of methoxy groups -OCH3 is 2. The van der Waals surface area contributed by atoms with Gasteiger partial charge in [0.15, 0.2) is 23.2 Å². The second-order valence-corrected chi connectivity index (χ2v) is 7.15. The molecule has 1 heterocycles. The molecule has 1 aromatic heterocycles. The van der Waals surface area contributed by atoms with E-state index >= 15 is 0 Å². The van der Waals surface area contributed by atoms with Gasteiger partial charge in [-0.25, -0.2) is 9.78 Å². The van der Waals surface area contributed by atoms with Crippen LogP contribution in [0.2, 0.25) is 0 Å². The van der Waals surface area contributed by atoms with E-state index in [2.05, 4.69) is 10.3 Å². The zero-order chi connectivity index (χ0) is 22.8. The van der Waals surface area contributed by atoms with Crippen molar-refractivity contribution >= 4 is 34.2 Å². The van der Waals surface area contributed by atoms with E-state index in [1.54, 1.807) is 31.4 Å². The predicted molar refractivity (Wildman–Crippen MR) is 121 cm³/mol. The standard InChI is InChI=1S/C23H21N3O5S/c1-28-19-7-5-17(6-8-19)25-23-26-18(15-32-23)14-31-22(27)10-4-16-3-9-20(30-12-11-24)21(13-16)29-2/h3-10,13,15H,12,14H2,1-2H3,(H,25,26)/b10-4+. The van der Waals surface area contributed by atoms with E-state index < -0.39 is 5.97 Å². The highest BCUT2D eigenvalue weighted by Gasteiger charge is 2.07. The van der Waals surface area contributed by atoms with Crippen molar-refractivity contribution in [2.75, 3.05) is 26.1 Å². The van der Waals surface area contributed by atoms with E-state index in [0.29, 0.717) is 22.3 Å². The highest BCUT2D eigenvalue weighted by Crippen LogP contribution is 2.28. The molecular weight excluding hydrogens is 430 g/mol. The summed E-state index contributed by atoms with van der Waals surface area (Å²) >= 11 is 1.42. The number of aromatic nitrogens is 1. The molecule has 32 heavy (non-hydrogen) atoms. The van der Waals surface area contributed by atoms with Crippen molar-refractivity contribution in [1.29, 1.82) is 5.26 Å². The van der Waals surface area contributed by atoms with Crippen LogP contribution in [0.3, 0.4) is 0 Å². The fourth-order valence-electron chi connectivity index (χ4n) is 2.60. The first-order chi connectivity index (χ1) is 15.6. The summed E-state index contributed by atoms with van der Waals surface area (Å²) in [4.78, 5) is 16.5. The summed E-state index contributed by atoms with van der Waals surface area (Å²) < 4.78 is 20.9. The fourth-order valence-corrected chi connectivity index (χ4v) is 3.32. The molecule has 2 aromatic carbocycles. The maximum absolute atomic E-state index is 12.1. The number of hydrogen-bond acceptors (Lipinski definition) is 9. The van der Waals surface area contributed by atoms with Gasteiger partial charge in [-0.15, -0.1) is 11.3 Å². The first-order valence-corrected chi connectivity index (χ1v) is 10.4. The van der Waals surface area contributed by atoms with Crippen LogP contribution in [0.4, 0.5) is 10.8 Å². The maximum atomic E-state index is 12.1. The number of carbonyl (C=O) groups excluding carboxylic acids is 1. The van der Waals surface area contributed by atoms with Crippen LogP contribution < -0.4 is 19.5 Å². The van der Waals surface area contributed by atoms with Crippen LogP contribution in [0.15, 0.2) is 53.9 Å². The third kappa shape index (κ3) is 6.48. The number of esters is 1. The van der Waals surface area contributed by atoms with Crippen molar-refractivity contribution in [1.82, 2.24) is 4.98 Å². The molecule has 0 fully saturated rings. The number of nitriles is 1. The molecule has 0 bridgehead atoms. The lowest BCUT2D eigenvalue weighted by Gasteiger charge is -2.08. The first-order valence-electron chi connectivity index (χ1n) is 9.49. The number of ether oxygens (including phenoxy) is 4. The number of benzene rings is 2. The number of nitrogens with zero attached hydrogens (tertiary/aromatic N) is 2. The summed E-state index contributed by atoms with van der Waals surface area (Å²) in [6.45, 7) is -0.0138. The summed E-state index contributed by atoms with van der Waals surface area (Å²) in [5, 5.41) is 14.3. The Labute approximate surface area is 189 Å². The molecule has 164 valence electrons. The topological polar surface area (TPSA) is 103 Å². The Morgan fingerprint density at radius 3 is 2.69 bits per heavy atom. The summed E-state index contributed by atoms with van der Waals surface area (Å²) in [6, 6.07) is 14.5. The number of nitrogens with one attached hydrogen (secondary N) is 1. The number of carbonyl (C=O) groups is 1. The highest BCUT2D eigenvalue weighted by atomic mass is 32.1. The van der Waals surface area contributed by atoms with Gasteiger partial charge in [0.2, 0.25) is 0 Å². The van der Waals surface area contributed by atoms with E-state index in [4.69, 9.17) is 24.2 Å². The molecule has 0 saturated carbocycles. The van der Waals surface area contributed by atoms with Crippen LogP contribution in [0.5, 0.6) is 17.2 Å². The van der Waals surface area contributed by atoms with Gasteiger partial charge in [-0.2, -0.15) is 5.26 Å². The Morgan fingerprint density at radius 2 is 1.97 bits per heavy atom. The molecule has 0 unspecified atom stereocenters. The van der Waals surface area contributed by atoms with Gasteiger partial charge >= 0.3 is 5.97 Å². The Hall–Kier alpha value is -4.03. The molecule has 0 spiro atoms. The molecule has 0 aliphatic carbocycles. The normalized spacial score (nSPS) is 10.4. The van der Waals surface area contributed by atoms with Gasteiger partial charge in [-0.3, -0.25) is 0 Å². The molecule has 3 aromatic rings. The highest BCUT2D eigenvalue weighted by molar-refractivity contribution is 7.13. The molecule has 1 N–H and O–H groups in total. The Morgan fingerprint density at radius 1 is 1.16 bits per heavy atom. The molecule has 0 radical (unpaired) electrons. The van der Waals surface area contributed by atoms with Gasteiger partial charge in [0.25, 0.3) is 0 Å². The van der Waals surface area contributed by atoms with Crippen molar-refractivity contribution in [2.45, 2.75) is 6.61 Å². The minimum atomic E-state index is -0.494. The average molecular weight is 452 g/mol. The van der Waals surface area contributed by atoms with Gasteiger partial charge in [0, 0.05) is 17.1 Å². The molecule has 8 nitrogen and oxygen atoms in total. The van der Waals surface area contributed by atoms with Gasteiger partial charge in [-0.1, -0.05) is 6.07 Å². The zero-order valence-electron chi connectivity index (χ0n) is 17.5. The van der Waals surface area contributed by atoms with Crippen molar-refractivity contribution in [2.24, 2.45) is 0 Å². The van der Waals surface area contributed by atoms with Crippen molar-refractivity contribution in [3.63, 3.8) is 0 Å². The van der Waals surface area contributed by atoms with Gasteiger partial charge in [0.05, 0.1) is 19.9 Å². The number of hydrogen-bond donors (Lipinski definition) is 1. The molecule has 0 amide bonds. The Kier molecular flexibility index (Phi) is 8.06. The Balaban J connectivity index is 1.51. The number of thiazole rings is 1. The van der Waals surface area contributed by atoms with Crippen molar-refractivity contribution < 1.29 is 23.7 Å². The molecule has 9 heteroatoms. The molecule has 3 rings (SSSR count). The minimum Gasteiger partial charge on any atom is -0.497 e. The smallest absolute Gasteiger partial charge is 0.331 e. The second-order valence-electron chi connectivity index (χ2n) is 6.30. The largest absolute Gasteiger partial charge is 0.497 e. The maximum Gasteiger partial charge on any atom is 0.331 e. The van der Waals surface area contributed by atoms with Crippen LogP contribution in [0, 0.1) is 11.3 Å². The van der Waals surface area contributed by atoms with Gasteiger partial charge < -0.3 is 24.3 Å². The first kappa shape index (κ1) is 22.7. The van der Waals surface area contributed by atoms with Crippen molar-refractivity contribution in [3.8, 4) is 23.3 Å². The predicted octanol–water partition coefficient (Wildman–Crippen LogP) is 4.56. The molecular formula is C23H21N3O5S. The van der Waals surface area contributed by atoms with E-state index in [1.165, 1.54) is 24.5 Å². The third-order valence-corrected chi connectivity index (χ3v) is 4.95. The van der Waals surface area contributed by atoms with E-state index in [9.17, 15) is 4.79 Å². The van der Waals surface area contributed by atoms with Crippen LogP contribution in [-0.2, 0) is 16.1 Å². The van der Waals surface area contributed by atoms with E-state index in [1.807, 2.05) is 35.7 Å². The van der Waals surface area contributed by atoms with Crippen LogP contribution in [-0.4, -0.2) is 31.8 Å². The molecule has 0 aliphatic rings. The summed E-state index contributed by atoms with van der Waals surface area (Å²) in [5.41, 5.74) is 2.25. The quantitative estimate of drug-likeness (QED) is 0.353. The SMILES string of the molecule is COc1ccc(Nc2nc(COC(=O)/C=C/c3ccc(OCC#N)c(OC)c3)cs2)cc1. The van der Waals surface area contributed by atoms with Crippen LogP contribution >= 0.6 is 11.3 Å². The number of anilines is 2. The third-order valence-electron chi connectivity index (χ3n) is 4.15. The van der Waals surface area contributed by atoms with Gasteiger partial charge in [-0.05, 0) is 48.0 Å². The lowest BCUT2D eigenvalue weighted by molar-refractivity contribution is -0.139. The number of rotatable bonds is 10. The molecule has 0 aliphatic heterocycles. The summed E-state index contributed by atoms with van der Waals surface area (Å²) in [7, 11) is 3.12. The van der Waals surface area contributed by atoms with Crippen LogP contribution in [0.1, 0.15) is 11.3 Å². The lowest BCUT2D eigenvalue weighted by Crippen LogP contribution is -2.01. The van der Waals surface area contributed by atoms with Crippen molar-refractivity contribution in [3.05, 3.63) is 65.2 Å². The molecule has 0 atom stereocenters. The zero-order valence-corrected chi connectivity index (χ0v) is 18.3. The minimum absolute atomic E-state index is 0.0637. The van der Waals surface area contributed by atoms with E-state index in [0.717, 1.165) is 17.0 Å². The van der Waals surface area contributed by atoms with E-state index in [-0.39, 0.29) is 13.2 Å². The fraction of sp³-hybridized carbons (Fsp3) is 0.174. The van der Waals surface area contributed by atoms with Gasteiger partial charge in [0.1, 0.15) is 18.4 Å². The monoisotopic (exact) mass is 451 g/mol. The lowest BCUT2D eigenvalue weighted by atomic mass is 10.2. The Bertz CT molecular complexity index is 1120. The molecule has 0 saturated heterocycles. The van der Waals surface area contributed by atoms with Crippen LogP contribution in [0.25, 0.3) is 6.08 Å². The second kappa shape index (κ2) is 11.4. The summed E-state index contributed by atoms with van der Waals surface area (Å²) in [5.74, 6) is 1.20. The average Bonchev–Trinajstić information content (AvgIpc) is 3.28. The summed E-state index contributed by atoms with van der Waals surface area (Å²) in [6.07, 6.45) is 2.93.